The molecule has 106 valence electrons. The van der Waals surface area contributed by atoms with E-state index in [0.717, 1.165) is 39.4 Å². The molecule has 0 bridgehead atoms. The first-order chi connectivity index (χ1) is 9.31. The average Bonchev–Trinajstić information content (AvgIpc) is 2.48. The zero-order valence-electron chi connectivity index (χ0n) is 11.3. The Morgan fingerprint density at radius 2 is 1.74 bits per heavy atom. The molecule has 8 heteroatoms. The summed E-state index contributed by atoms with van der Waals surface area (Å²) >= 11 is 0. The van der Waals surface area contributed by atoms with Gasteiger partial charge in [-0.3, -0.25) is 4.90 Å². The minimum absolute atomic E-state index is 0.237. The van der Waals surface area contributed by atoms with E-state index in [1.807, 2.05) is 0 Å². The van der Waals surface area contributed by atoms with Crippen molar-refractivity contribution in [2.24, 2.45) is 0 Å². The lowest BCUT2D eigenvalue weighted by Crippen LogP contribution is -2.39. The van der Waals surface area contributed by atoms with Crippen molar-refractivity contribution < 1.29 is 14.2 Å². The van der Waals surface area contributed by atoms with Crippen LogP contribution in [-0.2, 0) is 4.74 Å². The number of hydrogen-bond acceptors (Lipinski definition) is 8. The van der Waals surface area contributed by atoms with Crippen LogP contribution in [0.5, 0.6) is 12.0 Å². The molecule has 0 atom stereocenters. The van der Waals surface area contributed by atoms with E-state index in [4.69, 9.17) is 14.2 Å². The fourth-order valence-electron chi connectivity index (χ4n) is 1.75. The van der Waals surface area contributed by atoms with Crippen molar-refractivity contribution in [2.75, 3.05) is 58.9 Å². The minimum atomic E-state index is 0.237. The number of aromatic nitrogens is 3. The molecule has 1 aliphatic heterocycles. The summed E-state index contributed by atoms with van der Waals surface area (Å²) in [6.07, 6.45) is 0. The summed E-state index contributed by atoms with van der Waals surface area (Å²) in [5.74, 6) is 0.456. The molecule has 1 fully saturated rings. The van der Waals surface area contributed by atoms with Crippen LogP contribution in [0.2, 0.25) is 0 Å². The van der Waals surface area contributed by atoms with Crippen LogP contribution in [0.4, 0.5) is 5.95 Å². The monoisotopic (exact) mass is 269 g/mol. The van der Waals surface area contributed by atoms with Crippen LogP contribution in [0.3, 0.4) is 0 Å². The van der Waals surface area contributed by atoms with E-state index in [1.165, 1.54) is 14.2 Å². The summed E-state index contributed by atoms with van der Waals surface area (Å²) in [6, 6.07) is 0.474. The van der Waals surface area contributed by atoms with Gasteiger partial charge in [-0.25, -0.2) is 0 Å². The molecule has 2 heterocycles. The molecule has 0 saturated carbocycles. The Morgan fingerprint density at radius 1 is 1.11 bits per heavy atom. The second-order valence-electron chi connectivity index (χ2n) is 4.01. The maximum atomic E-state index is 5.30. The summed E-state index contributed by atoms with van der Waals surface area (Å²) in [7, 11) is 3.01. The molecule has 0 spiro atoms. The van der Waals surface area contributed by atoms with Crippen molar-refractivity contribution >= 4 is 5.95 Å². The lowest BCUT2D eigenvalue weighted by molar-refractivity contribution is 0.0398. The maximum Gasteiger partial charge on any atom is 0.324 e. The molecular formula is C11H19N5O3. The van der Waals surface area contributed by atoms with Gasteiger partial charge in [-0.2, -0.15) is 9.97 Å². The zero-order valence-corrected chi connectivity index (χ0v) is 11.3. The molecule has 1 N–H and O–H groups in total. The smallest absolute Gasteiger partial charge is 0.324 e. The number of rotatable bonds is 6. The van der Waals surface area contributed by atoms with Crippen LogP contribution >= 0.6 is 0 Å². The van der Waals surface area contributed by atoms with Gasteiger partial charge in [0, 0.05) is 26.2 Å². The van der Waals surface area contributed by atoms with Crippen LogP contribution in [0, 0.1) is 0 Å². The number of nitrogens with zero attached hydrogens (tertiary/aromatic N) is 4. The number of methoxy groups -OCH3 is 2. The molecule has 1 aliphatic rings. The van der Waals surface area contributed by atoms with Crippen LogP contribution < -0.4 is 14.8 Å². The molecule has 1 aromatic heterocycles. The summed E-state index contributed by atoms with van der Waals surface area (Å²) in [6.45, 7) is 5.19. The number of ether oxygens (including phenoxy) is 3. The predicted molar refractivity (Wildman–Crippen MR) is 68.7 cm³/mol. The fraction of sp³-hybridized carbons (Fsp3) is 0.727. The molecule has 8 nitrogen and oxygen atoms in total. The molecule has 0 radical (unpaired) electrons. The van der Waals surface area contributed by atoms with Crippen LogP contribution in [0.15, 0.2) is 0 Å². The van der Waals surface area contributed by atoms with Crippen molar-refractivity contribution in [1.82, 2.24) is 19.9 Å². The highest BCUT2D eigenvalue weighted by Gasteiger charge is 2.10. The van der Waals surface area contributed by atoms with Gasteiger partial charge in [0.25, 0.3) is 0 Å². The van der Waals surface area contributed by atoms with E-state index < -0.39 is 0 Å². The van der Waals surface area contributed by atoms with Gasteiger partial charge in [0.15, 0.2) is 0 Å². The number of anilines is 1. The number of hydrogen-bond donors (Lipinski definition) is 1. The number of morpholine rings is 1. The SMILES string of the molecule is COc1nc(NCCN2CCOCC2)nc(OC)n1. The first kappa shape index (κ1) is 13.8. The highest BCUT2D eigenvalue weighted by Crippen LogP contribution is 2.11. The van der Waals surface area contributed by atoms with E-state index in [2.05, 4.69) is 25.2 Å². The predicted octanol–water partition coefficient (Wildman–Crippen LogP) is -0.367. The van der Waals surface area contributed by atoms with Crippen LogP contribution in [0.1, 0.15) is 0 Å². The van der Waals surface area contributed by atoms with E-state index in [1.54, 1.807) is 0 Å². The maximum absolute atomic E-state index is 5.30. The third-order valence-electron chi connectivity index (χ3n) is 2.77. The topological polar surface area (TPSA) is 81.6 Å². The number of nitrogens with one attached hydrogen (secondary N) is 1. The molecule has 0 unspecified atom stereocenters. The van der Waals surface area contributed by atoms with E-state index in [-0.39, 0.29) is 12.0 Å². The molecule has 0 aromatic carbocycles. The van der Waals surface area contributed by atoms with Crippen molar-refractivity contribution in [2.45, 2.75) is 0 Å². The van der Waals surface area contributed by atoms with Crippen molar-refractivity contribution in [3.05, 3.63) is 0 Å². The lowest BCUT2D eigenvalue weighted by Gasteiger charge is -2.26. The first-order valence-electron chi connectivity index (χ1n) is 6.20. The Kier molecular flexibility index (Phi) is 5.10. The zero-order chi connectivity index (χ0) is 13.5. The molecule has 2 rings (SSSR count). The largest absolute Gasteiger partial charge is 0.467 e. The van der Waals surface area contributed by atoms with Crippen LogP contribution in [0.25, 0.3) is 0 Å². The van der Waals surface area contributed by atoms with Gasteiger partial charge < -0.3 is 19.5 Å². The summed E-state index contributed by atoms with van der Waals surface area (Å²) < 4.78 is 15.3. The van der Waals surface area contributed by atoms with Gasteiger partial charge in [-0.05, 0) is 0 Å². The second kappa shape index (κ2) is 7.05. The van der Waals surface area contributed by atoms with Gasteiger partial charge in [0.05, 0.1) is 27.4 Å². The Labute approximate surface area is 112 Å². The molecule has 19 heavy (non-hydrogen) atoms. The highest BCUT2D eigenvalue weighted by molar-refractivity contribution is 5.27. The molecule has 0 amide bonds. The van der Waals surface area contributed by atoms with Crippen LogP contribution in [-0.4, -0.2) is 73.5 Å². The van der Waals surface area contributed by atoms with Gasteiger partial charge in [0.1, 0.15) is 0 Å². The van der Waals surface area contributed by atoms with E-state index in [0.29, 0.717) is 5.95 Å². The van der Waals surface area contributed by atoms with Gasteiger partial charge in [-0.1, -0.05) is 0 Å². The normalized spacial score (nSPS) is 16.1. The van der Waals surface area contributed by atoms with E-state index in [9.17, 15) is 0 Å². The molecule has 1 saturated heterocycles. The first-order valence-corrected chi connectivity index (χ1v) is 6.20. The average molecular weight is 269 g/mol. The Hall–Kier alpha value is -1.67. The third kappa shape index (κ3) is 4.18. The van der Waals surface area contributed by atoms with Gasteiger partial charge >= 0.3 is 12.0 Å². The van der Waals surface area contributed by atoms with Crippen molar-refractivity contribution in [3.8, 4) is 12.0 Å². The Balaban J connectivity index is 1.84. The van der Waals surface area contributed by atoms with Gasteiger partial charge in [0.2, 0.25) is 5.95 Å². The fourth-order valence-corrected chi connectivity index (χ4v) is 1.75. The summed E-state index contributed by atoms with van der Waals surface area (Å²) in [5.41, 5.74) is 0. The molecule has 1 aromatic rings. The molecule has 0 aliphatic carbocycles. The Bertz CT molecular complexity index is 376. The van der Waals surface area contributed by atoms with Crippen molar-refractivity contribution in [1.29, 1.82) is 0 Å². The standard InChI is InChI=1S/C11H19N5O3/c1-17-10-13-9(14-11(15-10)18-2)12-3-4-16-5-7-19-8-6-16/h3-8H2,1-2H3,(H,12,13,14,15). The minimum Gasteiger partial charge on any atom is -0.467 e. The lowest BCUT2D eigenvalue weighted by atomic mass is 10.4. The Morgan fingerprint density at radius 3 is 2.32 bits per heavy atom. The second-order valence-corrected chi connectivity index (χ2v) is 4.01. The third-order valence-corrected chi connectivity index (χ3v) is 2.77. The summed E-state index contributed by atoms with van der Waals surface area (Å²) in [5, 5.41) is 3.14. The summed E-state index contributed by atoms with van der Waals surface area (Å²) in [4.78, 5) is 14.5. The quantitative estimate of drug-likeness (QED) is 0.749. The highest BCUT2D eigenvalue weighted by atomic mass is 16.5. The van der Waals surface area contributed by atoms with Gasteiger partial charge in [-0.15, -0.1) is 4.98 Å². The van der Waals surface area contributed by atoms with Crippen molar-refractivity contribution in [3.63, 3.8) is 0 Å². The molecular weight excluding hydrogens is 250 g/mol. The van der Waals surface area contributed by atoms with E-state index >= 15 is 0 Å².